The molecule has 0 atom stereocenters. The number of hydrogen-bond acceptors (Lipinski definition) is 4. The molecule has 0 fully saturated rings. The topological polar surface area (TPSA) is 84.5 Å². The number of aryl methyl sites for hydroxylation is 1. The van der Waals surface area contributed by atoms with Crippen molar-refractivity contribution in [3.8, 4) is 5.75 Å². The molecule has 6 nitrogen and oxygen atoms in total. The SMILES string of the molecule is COc1ccc(NC(=O)c2cccc(NS(=O)(=O)c3ccc(C)cc3)c2)c2ccccc12. The zero-order valence-corrected chi connectivity index (χ0v) is 18.4. The number of rotatable bonds is 6. The largest absolute Gasteiger partial charge is 0.496 e. The second-order valence-electron chi connectivity index (χ2n) is 7.31. The number of amides is 1. The second-order valence-corrected chi connectivity index (χ2v) is 9.00. The molecular formula is C25H22N2O4S. The van der Waals surface area contributed by atoms with Crippen LogP contribution in [0.5, 0.6) is 5.75 Å². The van der Waals surface area contributed by atoms with Gasteiger partial charge in [0.2, 0.25) is 0 Å². The van der Waals surface area contributed by atoms with Crippen molar-refractivity contribution in [2.45, 2.75) is 11.8 Å². The third-order valence-corrected chi connectivity index (χ3v) is 6.46. The number of carbonyl (C=O) groups is 1. The maximum absolute atomic E-state index is 12.9. The molecule has 0 aliphatic rings. The van der Waals surface area contributed by atoms with Crippen molar-refractivity contribution in [2.75, 3.05) is 17.1 Å². The first-order valence-corrected chi connectivity index (χ1v) is 11.4. The maximum atomic E-state index is 12.9. The van der Waals surface area contributed by atoms with E-state index in [1.165, 1.54) is 6.07 Å². The summed E-state index contributed by atoms with van der Waals surface area (Å²) >= 11 is 0. The predicted octanol–water partition coefficient (Wildman–Crippen LogP) is 5.21. The van der Waals surface area contributed by atoms with Gasteiger partial charge in [-0.05, 0) is 49.4 Å². The van der Waals surface area contributed by atoms with Gasteiger partial charge < -0.3 is 10.1 Å². The zero-order valence-electron chi connectivity index (χ0n) is 17.6. The number of hydrogen-bond donors (Lipinski definition) is 2. The first-order valence-electron chi connectivity index (χ1n) is 9.94. The summed E-state index contributed by atoms with van der Waals surface area (Å²) in [5.74, 6) is 0.364. The molecular weight excluding hydrogens is 424 g/mol. The summed E-state index contributed by atoms with van der Waals surface area (Å²) < 4.78 is 33.3. The molecule has 0 bridgehead atoms. The lowest BCUT2D eigenvalue weighted by Crippen LogP contribution is -2.15. The van der Waals surface area contributed by atoms with Crippen LogP contribution < -0.4 is 14.8 Å². The van der Waals surface area contributed by atoms with E-state index in [1.54, 1.807) is 61.7 Å². The highest BCUT2D eigenvalue weighted by atomic mass is 32.2. The van der Waals surface area contributed by atoms with Crippen LogP contribution in [0.1, 0.15) is 15.9 Å². The Hall–Kier alpha value is -3.84. The number of anilines is 2. The first-order chi connectivity index (χ1) is 15.4. The normalized spacial score (nSPS) is 11.2. The number of methoxy groups -OCH3 is 1. The van der Waals surface area contributed by atoms with Crippen LogP contribution in [-0.4, -0.2) is 21.4 Å². The Bertz CT molecular complexity index is 1400. The van der Waals surface area contributed by atoms with Crippen molar-refractivity contribution >= 4 is 38.1 Å². The van der Waals surface area contributed by atoms with Gasteiger partial charge in [-0.2, -0.15) is 0 Å². The molecule has 0 saturated heterocycles. The molecule has 1 amide bonds. The Balaban J connectivity index is 1.58. The van der Waals surface area contributed by atoms with Crippen LogP contribution in [-0.2, 0) is 10.0 Å². The van der Waals surface area contributed by atoms with E-state index in [9.17, 15) is 13.2 Å². The monoisotopic (exact) mass is 446 g/mol. The van der Waals surface area contributed by atoms with Crippen LogP contribution in [0.4, 0.5) is 11.4 Å². The van der Waals surface area contributed by atoms with Crippen LogP contribution in [0, 0.1) is 6.92 Å². The molecule has 0 heterocycles. The van der Waals surface area contributed by atoms with Gasteiger partial charge >= 0.3 is 0 Å². The highest BCUT2D eigenvalue weighted by Crippen LogP contribution is 2.31. The van der Waals surface area contributed by atoms with E-state index < -0.39 is 10.0 Å². The Morgan fingerprint density at radius 2 is 1.56 bits per heavy atom. The van der Waals surface area contributed by atoms with Crippen molar-refractivity contribution in [3.05, 3.63) is 96.1 Å². The minimum absolute atomic E-state index is 0.155. The minimum Gasteiger partial charge on any atom is -0.496 e. The van der Waals surface area contributed by atoms with Crippen LogP contribution >= 0.6 is 0 Å². The van der Waals surface area contributed by atoms with Gasteiger partial charge in [0.05, 0.1) is 12.0 Å². The highest BCUT2D eigenvalue weighted by Gasteiger charge is 2.16. The van der Waals surface area contributed by atoms with Crippen LogP contribution in [0.15, 0.2) is 89.8 Å². The molecule has 7 heteroatoms. The van der Waals surface area contributed by atoms with Crippen molar-refractivity contribution in [3.63, 3.8) is 0 Å². The number of nitrogens with one attached hydrogen (secondary N) is 2. The Labute approximate surface area is 186 Å². The van der Waals surface area contributed by atoms with Crippen LogP contribution in [0.3, 0.4) is 0 Å². The maximum Gasteiger partial charge on any atom is 0.261 e. The van der Waals surface area contributed by atoms with Crippen molar-refractivity contribution in [2.24, 2.45) is 0 Å². The lowest BCUT2D eigenvalue weighted by molar-refractivity contribution is 0.102. The molecule has 4 aromatic carbocycles. The summed E-state index contributed by atoms with van der Waals surface area (Å²) in [6.45, 7) is 1.89. The fourth-order valence-electron chi connectivity index (χ4n) is 3.41. The number of carbonyl (C=O) groups excluding carboxylic acids is 1. The average molecular weight is 447 g/mol. The lowest BCUT2D eigenvalue weighted by atomic mass is 10.1. The molecule has 2 N–H and O–H groups in total. The van der Waals surface area contributed by atoms with Crippen LogP contribution in [0.25, 0.3) is 10.8 Å². The van der Waals surface area contributed by atoms with E-state index >= 15 is 0 Å². The Kier molecular flexibility index (Phi) is 5.83. The van der Waals surface area contributed by atoms with Gasteiger partial charge in [0.25, 0.3) is 15.9 Å². The number of sulfonamides is 1. The molecule has 0 unspecified atom stereocenters. The van der Waals surface area contributed by atoms with E-state index in [-0.39, 0.29) is 10.8 Å². The van der Waals surface area contributed by atoms with Gasteiger partial charge in [-0.1, -0.05) is 48.0 Å². The van der Waals surface area contributed by atoms with Gasteiger partial charge in [-0.25, -0.2) is 8.42 Å². The molecule has 0 aliphatic heterocycles. The second kappa shape index (κ2) is 8.72. The van der Waals surface area contributed by atoms with Gasteiger partial charge in [0, 0.05) is 27.7 Å². The van der Waals surface area contributed by atoms with Crippen molar-refractivity contribution in [1.29, 1.82) is 0 Å². The molecule has 0 aromatic heterocycles. The van der Waals surface area contributed by atoms with Gasteiger partial charge in [0.15, 0.2) is 0 Å². The summed E-state index contributed by atoms with van der Waals surface area (Å²) in [7, 11) is -2.16. The third kappa shape index (κ3) is 4.43. The number of benzene rings is 4. The van der Waals surface area contributed by atoms with Gasteiger partial charge in [-0.3, -0.25) is 9.52 Å². The molecule has 0 saturated carbocycles. The third-order valence-electron chi connectivity index (χ3n) is 5.06. The summed E-state index contributed by atoms with van der Waals surface area (Å²) in [6, 6.07) is 24.1. The van der Waals surface area contributed by atoms with E-state index in [0.717, 1.165) is 16.3 Å². The minimum atomic E-state index is -3.76. The van der Waals surface area contributed by atoms with Crippen molar-refractivity contribution in [1.82, 2.24) is 0 Å². The average Bonchev–Trinajstić information content (AvgIpc) is 2.79. The van der Waals surface area contributed by atoms with Gasteiger partial charge in [-0.15, -0.1) is 0 Å². The quantitative estimate of drug-likeness (QED) is 0.426. The van der Waals surface area contributed by atoms with E-state index in [4.69, 9.17) is 4.74 Å². The molecule has 162 valence electrons. The van der Waals surface area contributed by atoms with Crippen molar-refractivity contribution < 1.29 is 17.9 Å². The summed E-state index contributed by atoms with van der Waals surface area (Å²) in [5, 5.41) is 4.63. The van der Waals surface area contributed by atoms with Crippen LogP contribution in [0.2, 0.25) is 0 Å². The first kappa shape index (κ1) is 21.4. The summed E-state index contributed by atoms with van der Waals surface area (Å²) in [5.41, 5.74) is 2.23. The molecule has 32 heavy (non-hydrogen) atoms. The molecule has 0 spiro atoms. The highest BCUT2D eigenvalue weighted by molar-refractivity contribution is 7.92. The lowest BCUT2D eigenvalue weighted by Gasteiger charge is -2.13. The van der Waals surface area contributed by atoms with E-state index in [1.807, 2.05) is 31.2 Å². The molecule has 0 aliphatic carbocycles. The fraction of sp³-hybridized carbons (Fsp3) is 0.0800. The smallest absolute Gasteiger partial charge is 0.261 e. The fourth-order valence-corrected chi connectivity index (χ4v) is 4.46. The summed E-state index contributed by atoms with van der Waals surface area (Å²) in [6.07, 6.45) is 0. The summed E-state index contributed by atoms with van der Waals surface area (Å²) in [4.78, 5) is 13.1. The molecule has 0 radical (unpaired) electrons. The van der Waals surface area contributed by atoms with E-state index in [2.05, 4.69) is 10.0 Å². The van der Waals surface area contributed by atoms with Gasteiger partial charge in [0.1, 0.15) is 5.75 Å². The number of ether oxygens (including phenoxy) is 1. The Morgan fingerprint density at radius 1 is 0.844 bits per heavy atom. The number of fused-ring (bicyclic) bond motifs is 1. The Morgan fingerprint density at radius 3 is 2.28 bits per heavy atom. The zero-order chi connectivity index (χ0) is 22.7. The standard InChI is InChI=1S/C25H22N2O4S/c1-17-10-12-20(13-11-17)32(29,30)27-19-7-5-6-18(16-19)25(28)26-23-14-15-24(31-2)22-9-4-3-8-21(22)23/h3-16,27H,1-2H3,(H,26,28). The molecule has 4 aromatic rings. The predicted molar refractivity (Wildman–Crippen MR) is 127 cm³/mol. The molecule has 4 rings (SSSR count). The van der Waals surface area contributed by atoms with E-state index in [0.29, 0.717) is 22.7 Å².